The van der Waals surface area contributed by atoms with Gasteiger partial charge in [0.1, 0.15) is 0 Å². The van der Waals surface area contributed by atoms with Crippen molar-refractivity contribution in [3.8, 4) is 168 Å². The number of rotatable bonds is 14. The van der Waals surface area contributed by atoms with Gasteiger partial charge in [0, 0.05) is 49.2 Å². The van der Waals surface area contributed by atoms with Gasteiger partial charge in [-0.3, -0.25) is 0 Å². The van der Waals surface area contributed by atoms with E-state index in [1.54, 1.807) is 11.1 Å². The normalized spacial score (nSPS) is 20.6. The monoisotopic (exact) mass is 1980 g/mol. The predicted molar refractivity (Wildman–Crippen MR) is 554 cm³/mol. The maximum Gasteiger partial charge on any atom is 0.164 e. The Morgan fingerprint density at radius 1 is 0.239 bits per heavy atom. The number of hydrogen-bond acceptors (Lipinski definition) is 8. The van der Waals surface area contributed by atoms with Crippen LogP contribution in [0.25, 0.3) is 168 Å². The van der Waals surface area contributed by atoms with Gasteiger partial charge in [-0.05, 0) is 306 Å². The number of fused-ring (bicyclic) bond motifs is 6. The smallest absolute Gasteiger partial charge is 0.164 e. The molecule has 0 aliphatic heterocycles. The molecule has 134 heavy (non-hydrogen) atoms. The average Bonchev–Trinajstić information content (AvgIpc) is 1.54. The van der Waals surface area contributed by atoms with Crippen LogP contribution in [0, 0.1) is 47.3 Å². The molecule has 0 amide bonds. The van der Waals surface area contributed by atoms with Gasteiger partial charge in [-0.15, -0.1) is 0 Å². The molecule has 0 unspecified atom stereocenters. The molecule has 0 radical (unpaired) electrons. The fourth-order valence-electron chi connectivity index (χ4n) is 25.2. The molecule has 8 bridgehead atoms. The molecule has 12 heteroatoms. The van der Waals surface area contributed by atoms with Crippen LogP contribution in [0.15, 0.2) is 400 Å². The molecular formula is C122H97BClI2N6O2-. The largest absolute Gasteiger partial charge is 0.208 e. The number of aromatic nitrogens is 6. The number of benzene rings is 16. The van der Waals surface area contributed by atoms with E-state index < -0.39 is 7.12 Å². The Morgan fingerprint density at radius 3 is 0.813 bits per heavy atom. The van der Waals surface area contributed by atoms with Crippen molar-refractivity contribution < 1.29 is 28.5 Å². The van der Waals surface area contributed by atoms with E-state index in [4.69, 9.17) is 42.1 Å². The second-order valence-corrected chi connectivity index (χ2v) is 38.5. The van der Waals surface area contributed by atoms with Gasteiger partial charge in [-0.1, -0.05) is 345 Å². The molecular weight excluding hydrogens is 1880 g/mol. The Kier molecular flexibility index (Phi) is 23.0. The van der Waals surface area contributed by atoms with Crippen LogP contribution < -0.4 is 23.9 Å². The summed E-state index contributed by atoms with van der Waals surface area (Å²) in [6.07, 6.45) is 13.6. The van der Waals surface area contributed by atoms with E-state index in [2.05, 4.69) is 298 Å². The van der Waals surface area contributed by atoms with Gasteiger partial charge in [-0.25, -0.2) is 29.9 Å². The van der Waals surface area contributed by atoms with Crippen LogP contribution in [0.4, 0.5) is 0 Å². The third-order valence-electron chi connectivity index (χ3n) is 30.5. The van der Waals surface area contributed by atoms with Crippen molar-refractivity contribution in [2.24, 2.45) is 47.3 Å². The van der Waals surface area contributed by atoms with Crippen molar-refractivity contribution in [3.05, 3.63) is 428 Å². The number of hydrogen-bond donors (Lipinski definition) is 2. The quantitative estimate of drug-likeness (QED) is 0.0817. The first kappa shape index (κ1) is 84.3. The van der Waals surface area contributed by atoms with Crippen LogP contribution in [0.1, 0.15) is 86.5 Å². The third kappa shape index (κ3) is 16.0. The van der Waals surface area contributed by atoms with E-state index in [1.807, 2.05) is 121 Å². The molecule has 16 aromatic carbocycles. The van der Waals surface area contributed by atoms with Crippen molar-refractivity contribution in [1.29, 1.82) is 0.594 Å². The van der Waals surface area contributed by atoms with Crippen LogP contribution >= 0.6 is 30.2 Å². The molecule has 0 saturated heterocycles. The van der Waals surface area contributed by atoms with Gasteiger partial charge in [0.25, 0.3) is 0 Å². The van der Waals surface area contributed by atoms with Crippen LogP contribution in [0.3, 0.4) is 0 Å². The Hall–Kier alpha value is -12.7. The SMILES string of the molecule is Clc1cc(-c2cccc(-c3ccccc3)c2)cc(-c2nc(-c3ccccc3)nc(-c3ccccc3)n2)c1.OB(O)c1ccc2c(c1)C1(c3ccc(-c4ccccc4)cc3-2)C2CC3CC(C2)CC1C3.[2H][I-]I.c1ccc(-c2cccc(-c3cc(-c4ccc5c(c4)C4(c6ccc(-c7ccccc7)cc6-5)C5CC6CC(C5)CC4C6)cc(-c4nc(-c5ccccc5)nc(-c5ccccc5)n4)c3)c2)cc1. The molecule has 2 heterocycles. The molecule has 8 saturated carbocycles. The number of nitrogens with zero attached hydrogens (tertiary/aromatic N) is 6. The summed E-state index contributed by atoms with van der Waals surface area (Å²) in [4.78, 5) is 30.1. The van der Waals surface area contributed by atoms with Crippen LogP contribution in [0.5, 0.6) is 0 Å². The molecule has 18 aromatic rings. The van der Waals surface area contributed by atoms with Crippen molar-refractivity contribution >= 4 is 42.8 Å². The Labute approximate surface area is 813 Å². The van der Waals surface area contributed by atoms with E-state index in [1.165, 1.54) is 148 Å². The van der Waals surface area contributed by atoms with Gasteiger partial charge >= 0.3 is 44.7 Å². The summed E-state index contributed by atoms with van der Waals surface area (Å²) in [5.74, 6) is 10.1. The van der Waals surface area contributed by atoms with Gasteiger partial charge in [0.15, 0.2) is 34.9 Å². The second-order valence-electron chi connectivity index (χ2n) is 38.0. The molecule has 8 nitrogen and oxygen atoms in total. The van der Waals surface area contributed by atoms with Gasteiger partial charge < -0.3 is 10.0 Å². The summed E-state index contributed by atoms with van der Waals surface area (Å²) in [5, 5.41) is 20.5. The molecule has 10 aliphatic rings. The molecule has 10 aliphatic carbocycles. The van der Waals surface area contributed by atoms with E-state index in [-0.39, 0.29) is 29.2 Å². The zero-order valence-corrected chi connectivity index (χ0v) is 79.2. The standard InChI is InChI=1S/C61H47N3.C33H22ClN3.C28H27BO2.HI2/c1-5-14-41(15-6-1)45-22-13-23-46(33-45)49-34-50(36-51(35-49)60-63-58(43-18-9-3-10-19-43)62-59(64-60)44-20-11-4-12-21-44)48-24-26-54-55-37-47(42-16-7-2-8-17-42)25-27-56(55)61(57(54)38-48)52-29-39-28-40(31-52)32-53(61)30-39;34-30-21-28(27-18-10-17-26(19-27)23-11-4-1-5-12-23)20-29(22-30)33-36-31(24-13-6-2-7-14-24)35-32(37-33)25-15-8-3-9-16-25;30-29(31)23-7-8-24-25-15-20(19-4-2-1-3-5-19)6-9-26(25)28(27(24)16-23)21-11-17-10-18(13-21)14-22(28)12-17;1-2/h1-27,33-40,52-53H,28-32H2;1-22H;1-9,15-18,21-22,30-31H,10-14H2;1H/q;;;-1/i;;;1D. The first-order chi connectivity index (χ1) is 66.4. The maximum atomic E-state index is 9.96. The summed E-state index contributed by atoms with van der Waals surface area (Å²) in [7, 11) is -1.41. The average molecular weight is 1980 g/mol. The Morgan fingerprint density at radius 2 is 0.478 bits per heavy atom. The zero-order chi connectivity index (χ0) is 90.7. The van der Waals surface area contributed by atoms with E-state index in [9.17, 15) is 10.0 Å². The fourth-order valence-corrected chi connectivity index (χ4v) is 25.5. The third-order valence-corrected chi connectivity index (χ3v) is 30.7. The van der Waals surface area contributed by atoms with Gasteiger partial charge in [0.05, 0.1) is 0 Å². The molecule has 28 rings (SSSR count). The minimum atomic E-state index is -1.41. The topological polar surface area (TPSA) is 118 Å². The first-order valence-electron chi connectivity index (χ1n) is 47.6. The van der Waals surface area contributed by atoms with Crippen molar-refractivity contribution in [3.63, 3.8) is 0 Å². The van der Waals surface area contributed by atoms with E-state index >= 15 is 0 Å². The van der Waals surface area contributed by atoms with Gasteiger partial charge in [-0.2, -0.15) is 0 Å². The minimum Gasteiger partial charge on any atom is -0.208 e. The summed E-state index contributed by atoms with van der Waals surface area (Å²) in [5.41, 5.74) is 34.4. The molecule has 2 N–H and O–H groups in total. The van der Waals surface area contributed by atoms with E-state index in [0.29, 0.717) is 69.1 Å². The van der Waals surface area contributed by atoms with Crippen LogP contribution in [0.2, 0.25) is 5.02 Å². The fraction of sp³-hybridized carbons (Fsp3) is 0.164. The molecule has 2 aromatic heterocycles. The van der Waals surface area contributed by atoms with Crippen molar-refractivity contribution in [2.45, 2.75) is 75.0 Å². The summed E-state index contributed by atoms with van der Waals surface area (Å²) in [6, 6.07) is 142. The first-order valence-corrected chi connectivity index (χ1v) is 53.9. The molecule has 8 fully saturated rings. The van der Waals surface area contributed by atoms with Crippen LogP contribution in [-0.4, -0.2) is 47.7 Å². The molecule has 2 spiro atoms. The zero-order valence-electron chi connectivity index (χ0n) is 75.1. The summed E-state index contributed by atoms with van der Waals surface area (Å²) in [6.45, 7) is 0. The summed E-state index contributed by atoms with van der Waals surface area (Å²) >= 11 is 8.52. The van der Waals surface area contributed by atoms with Crippen molar-refractivity contribution in [2.75, 3.05) is 0 Å². The Bertz CT molecular complexity index is 7260. The maximum absolute atomic E-state index is 9.96. The Balaban J connectivity index is 0.000000122. The number of halogens is 3. The molecule has 652 valence electrons. The summed E-state index contributed by atoms with van der Waals surface area (Å²) < 4.78 is 6.30. The predicted octanol–water partition coefficient (Wildman–Crippen LogP) is 26.5. The molecule has 0 atom stereocenters. The van der Waals surface area contributed by atoms with E-state index in [0.717, 1.165) is 84.9 Å². The van der Waals surface area contributed by atoms with Crippen LogP contribution in [-0.2, 0) is 10.8 Å². The minimum absolute atomic E-state index is 0.0388. The van der Waals surface area contributed by atoms with Crippen molar-refractivity contribution in [1.82, 2.24) is 29.9 Å². The second kappa shape index (κ2) is 36.6. The van der Waals surface area contributed by atoms with Gasteiger partial charge in [0.2, 0.25) is 0 Å².